The van der Waals surface area contributed by atoms with Gasteiger partial charge < -0.3 is 20.7 Å². The van der Waals surface area contributed by atoms with E-state index < -0.39 is 17.8 Å². The summed E-state index contributed by atoms with van der Waals surface area (Å²) in [6, 6.07) is 10.3. The van der Waals surface area contributed by atoms with E-state index in [1.807, 2.05) is 0 Å². The van der Waals surface area contributed by atoms with Crippen LogP contribution in [0.4, 0.5) is 23.2 Å². The topological polar surface area (TPSA) is 45.3 Å². The summed E-state index contributed by atoms with van der Waals surface area (Å²) in [6.45, 7) is 9.51. The highest BCUT2D eigenvalue weighted by atomic mass is 19.4. The predicted molar refractivity (Wildman–Crippen MR) is 137 cm³/mol. The number of hydrogen-bond donors (Lipinski definition) is 3. The van der Waals surface area contributed by atoms with Crippen molar-refractivity contribution in [3.05, 3.63) is 65.0 Å². The molecule has 3 aliphatic heterocycles. The summed E-state index contributed by atoms with van der Waals surface area (Å²) >= 11 is 0. The Hall–Kier alpha value is -2.16. The van der Waals surface area contributed by atoms with Gasteiger partial charge in [0.1, 0.15) is 5.82 Å². The summed E-state index contributed by atoms with van der Waals surface area (Å²) in [4.78, 5) is 0. The molecule has 5 rings (SSSR count). The average Bonchev–Trinajstić information content (AvgIpc) is 2.80. The van der Waals surface area contributed by atoms with E-state index >= 15 is 0 Å². The van der Waals surface area contributed by atoms with Crippen molar-refractivity contribution in [2.75, 3.05) is 11.9 Å². The average molecular weight is 520 g/mol. The smallest absolute Gasteiger partial charge is 0.378 e. The molecule has 0 bridgehead atoms. The van der Waals surface area contributed by atoms with Crippen LogP contribution in [-0.2, 0) is 10.9 Å². The minimum Gasteiger partial charge on any atom is -0.378 e. The molecule has 3 aliphatic rings. The molecule has 0 radical (unpaired) electrons. The molecule has 202 valence electrons. The number of nitrogens with one attached hydrogen (secondary N) is 3. The largest absolute Gasteiger partial charge is 0.416 e. The Bertz CT molecular complexity index is 1100. The van der Waals surface area contributed by atoms with Gasteiger partial charge in [-0.3, -0.25) is 0 Å². The lowest BCUT2D eigenvalue weighted by Crippen LogP contribution is -2.62. The van der Waals surface area contributed by atoms with Crippen molar-refractivity contribution in [3.8, 4) is 0 Å². The Morgan fingerprint density at radius 1 is 0.973 bits per heavy atom. The maximum Gasteiger partial charge on any atom is 0.416 e. The van der Waals surface area contributed by atoms with Gasteiger partial charge in [0.05, 0.1) is 23.8 Å². The lowest BCUT2D eigenvalue weighted by Gasteiger charge is -2.48. The number of ether oxygens (including phenoxy) is 1. The highest BCUT2D eigenvalue weighted by Gasteiger charge is 2.44. The predicted octanol–water partition coefficient (Wildman–Crippen LogP) is 6.75. The van der Waals surface area contributed by atoms with Gasteiger partial charge in [0.15, 0.2) is 0 Å². The zero-order chi connectivity index (χ0) is 26.6. The van der Waals surface area contributed by atoms with Crippen molar-refractivity contribution >= 4 is 5.69 Å². The number of alkyl halides is 3. The number of benzene rings is 2. The molecule has 2 fully saturated rings. The number of rotatable bonds is 4. The minimum absolute atomic E-state index is 0.0162. The van der Waals surface area contributed by atoms with E-state index in [0.29, 0.717) is 23.8 Å². The Morgan fingerprint density at radius 2 is 1.65 bits per heavy atom. The molecule has 2 aromatic rings. The molecule has 0 saturated carbocycles. The van der Waals surface area contributed by atoms with Crippen LogP contribution in [0.1, 0.15) is 82.2 Å². The van der Waals surface area contributed by atoms with Gasteiger partial charge in [0.25, 0.3) is 0 Å². The van der Waals surface area contributed by atoms with Gasteiger partial charge in [-0.2, -0.15) is 13.2 Å². The fraction of sp³-hybridized carbons (Fsp3) is 0.586. The number of piperidine rings is 1. The van der Waals surface area contributed by atoms with Crippen LogP contribution in [-0.4, -0.2) is 29.8 Å². The van der Waals surface area contributed by atoms with Gasteiger partial charge in [-0.05, 0) is 89.3 Å². The molecule has 0 aliphatic carbocycles. The van der Waals surface area contributed by atoms with Gasteiger partial charge in [-0.25, -0.2) is 4.39 Å². The standard InChI is InChI=1S/C29H37F4N3O/c1-27(2)14-20(15-28(3,4)36-27)34-16-21-10-11-22-25(17-5-8-19(30)9-6-17)35-24-12-7-18(29(31,32)33)13-23(24)26(22)37-21/h5-9,12-13,20-22,25-26,34-36H,10-11,14-16H2,1-4H3/t21-,22+,25+,26+/m1/s1. The molecule has 0 aromatic heterocycles. The molecule has 2 saturated heterocycles. The van der Waals surface area contributed by atoms with Crippen molar-refractivity contribution in [1.82, 2.24) is 10.6 Å². The van der Waals surface area contributed by atoms with Crippen LogP contribution < -0.4 is 16.0 Å². The normalized spacial score (nSPS) is 29.2. The molecule has 0 spiro atoms. The Morgan fingerprint density at radius 3 is 2.30 bits per heavy atom. The molecule has 2 aromatic carbocycles. The third-order valence-corrected chi connectivity index (χ3v) is 8.03. The SMILES string of the molecule is CC1(C)CC(NC[C@H]2CC[C@@H]3[C@H](O2)c2cc(C(F)(F)F)ccc2N[C@H]3c2ccc(F)cc2)CC(C)(C)N1. The summed E-state index contributed by atoms with van der Waals surface area (Å²) in [5.41, 5.74) is 1.45. The summed E-state index contributed by atoms with van der Waals surface area (Å²) in [7, 11) is 0. The molecule has 0 unspecified atom stereocenters. The zero-order valence-electron chi connectivity index (χ0n) is 21.9. The fourth-order valence-electron chi connectivity index (χ4n) is 6.85. The number of anilines is 1. The van der Waals surface area contributed by atoms with Crippen molar-refractivity contribution in [2.45, 2.75) is 94.9 Å². The number of hydrogen-bond acceptors (Lipinski definition) is 4. The van der Waals surface area contributed by atoms with Gasteiger partial charge in [0, 0.05) is 40.8 Å². The van der Waals surface area contributed by atoms with Gasteiger partial charge in [-0.15, -0.1) is 0 Å². The Balaban J connectivity index is 1.38. The van der Waals surface area contributed by atoms with E-state index in [-0.39, 0.29) is 35.0 Å². The van der Waals surface area contributed by atoms with Crippen LogP contribution in [0.3, 0.4) is 0 Å². The molecule has 4 nitrogen and oxygen atoms in total. The Labute approximate surface area is 216 Å². The first-order valence-corrected chi connectivity index (χ1v) is 13.2. The summed E-state index contributed by atoms with van der Waals surface area (Å²) in [5.74, 6) is -0.379. The summed E-state index contributed by atoms with van der Waals surface area (Å²) in [5, 5.41) is 10.8. The molecular formula is C29H37F4N3O. The first kappa shape index (κ1) is 26.4. The maximum absolute atomic E-state index is 13.6. The van der Waals surface area contributed by atoms with Gasteiger partial charge >= 0.3 is 6.18 Å². The molecule has 0 amide bonds. The Kier molecular flexibility index (Phi) is 6.82. The van der Waals surface area contributed by atoms with Crippen LogP contribution in [0, 0.1) is 11.7 Å². The molecule has 3 heterocycles. The first-order chi connectivity index (χ1) is 17.3. The summed E-state index contributed by atoms with van der Waals surface area (Å²) in [6.07, 6.45) is -1.42. The first-order valence-electron chi connectivity index (χ1n) is 13.2. The minimum atomic E-state index is -4.43. The van der Waals surface area contributed by atoms with Crippen LogP contribution >= 0.6 is 0 Å². The van der Waals surface area contributed by atoms with E-state index in [2.05, 4.69) is 43.6 Å². The highest BCUT2D eigenvalue weighted by molar-refractivity contribution is 5.58. The van der Waals surface area contributed by atoms with Crippen molar-refractivity contribution in [3.63, 3.8) is 0 Å². The number of halogens is 4. The molecule has 3 N–H and O–H groups in total. The monoisotopic (exact) mass is 519 g/mol. The van der Waals surface area contributed by atoms with Crippen LogP contribution in [0.15, 0.2) is 42.5 Å². The fourth-order valence-corrected chi connectivity index (χ4v) is 6.85. The van der Waals surface area contributed by atoms with E-state index in [0.717, 1.165) is 37.3 Å². The van der Waals surface area contributed by atoms with E-state index in [9.17, 15) is 17.6 Å². The molecule has 8 heteroatoms. The quantitative estimate of drug-likeness (QED) is 0.391. The third kappa shape index (κ3) is 5.81. The van der Waals surface area contributed by atoms with Crippen molar-refractivity contribution < 1.29 is 22.3 Å². The second-order valence-electron chi connectivity index (χ2n) is 12.3. The maximum atomic E-state index is 13.6. The van der Waals surface area contributed by atoms with Crippen LogP contribution in [0.2, 0.25) is 0 Å². The van der Waals surface area contributed by atoms with Crippen LogP contribution in [0.5, 0.6) is 0 Å². The second kappa shape index (κ2) is 9.54. The lowest BCUT2D eigenvalue weighted by molar-refractivity contribution is -0.138. The number of fused-ring (bicyclic) bond motifs is 3. The highest BCUT2D eigenvalue weighted by Crippen LogP contribution is 2.51. The van der Waals surface area contributed by atoms with E-state index in [4.69, 9.17) is 4.74 Å². The van der Waals surface area contributed by atoms with Crippen molar-refractivity contribution in [2.24, 2.45) is 5.92 Å². The van der Waals surface area contributed by atoms with Crippen molar-refractivity contribution in [1.29, 1.82) is 0 Å². The second-order valence-corrected chi connectivity index (χ2v) is 12.3. The van der Waals surface area contributed by atoms with E-state index in [1.165, 1.54) is 24.3 Å². The molecule has 4 atom stereocenters. The third-order valence-electron chi connectivity index (χ3n) is 8.03. The van der Waals surface area contributed by atoms with Gasteiger partial charge in [-0.1, -0.05) is 12.1 Å². The van der Waals surface area contributed by atoms with E-state index in [1.54, 1.807) is 12.1 Å². The zero-order valence-corrected chi connectivity index (χ0v) is 21.9. The van der Waals surface area contributed by atoms with Crippen LogP contribution in [0.25, 0.3) is 0 Å². The molecular weight excluding hydrogens is 482 g/mol. The molecule has 37 heavy (non-hydrogen) atoms. The lowest BCUT2D eigenvalue weighted by atomic mass is 9.76. The summed E-state index contributed by atoms with van der Waals surface area (Å²) < 4.78 is 60.9. The van der Waals surface area contributed by atoms with Gasteiger partial charge in [0.2, 0.25) is 0 Å².